The molecular weight excluding hydrogens is 392 g/mol. The summed E-state index contributed by atoms with van der Waals surface area (Å²) in [5, 5.41) is 18.4. The molecule has 0 spiro atoms. The molecule has 2 aromatic carbocycles. The van der Waals surface area contributed by atoms with Gasteiger partial charge in [0, 0.05) is 24.2 Å². The first kappa shape index (κ1) is 20.5. The van der Waals surface area contributed by atoms with E-state index >= 15 is 0 Å². The van der Waals surface area contributed by atoms with Crippen molar-refractivity contribution in [2.75, 3.05) is 24.6 Å². The van der Waals surface area contributed by atoms with Gasteiger partial charge in [0.2, 0.25) is 0 Å². The molecule has 31 heavy (non-hydrogen) atoms. The van der Waals surface area contributed by atoms with Crippen molar-refractivity contribution in [1.29, 1.82) is 5.26 Å². The van der Waals surface area contributed by atoms with Crippen molar-refractivity contribution in [2.24, 2.45) is 5.92 Å². The van der Waals surface area contributed by atoms with Gasteiger partial charge in [0.05, 0.1) is 35.7 Å². The number of carboxylic acid groups (broad SMARTS) is 1. The molecule has 7 nitrogen and oxygen atoms in total. The fraction of sp³-hybridized carbons (Fsp3) is 0.250. The van der Waals surface area contributed by atoms with E-state index in [1.165, 1.54) is 0 Å². The van der Waals surface area contributed by atoms with Crippen LogP contribution in [-0.4, -0.2) is 46.8 Å². The van der Waals surface area contributed by atoms with Crippen molar-refractivity contribution >= 4 is 11.8 Å². The molecule has 1 aromatic heterocycles. The van der Waals surface area contributed by atoms with Crippen LogP contribution in [-0.2, 0) is 9.53 Å². The van der Waals surface area contributed by atoms with Gasteiger partial charge in [-0.05, 0) is 6.42 Å². The minimum atomic E-state index is -1.03. The molecule has 0 saturated carbocycles. The number of nitrogens with zero attached hydrogens (tertiary/aromatic N) is 4. The first-order valence-corrected chi connectivity index (χ1v) is 10.1. The summed E-state index contributed by atoms with van der Waals surface area (Å²) in [6.45, 7) is 0.622. The van der Waals surface area contributed by atoms with Gasteiger partial charge < -0.3 is 14.7 Å². The van der Waals surface area contributed by atoms with E-state index < -0.39 is 24.6 Å². The lowest BCUT2D eigenvalue weighted by molar-refractivity contribution is -0.145. The Morgan fingerprint density at radius 2 is 1.74 bits per heavy atom. The first-order chi connectivity index (χ1) is 15.2. The number of rotatable bonds is 6. The number of benzene rings is 2. The minimum absolute atomic E-state index is 0.396. The second-order valence-electron chi connectivity index (χ2n) is 7.37. The predicted molar refractivity (Wildman–Crippen MR) is 116 cm³/mol. The highest BCUT2D eigenvalue weighted by atomic mass is 16.5. The van der Waals surface area contributed by atoms with Gasteiger partial charge in [0.25, 0.3) is 0 Å². The molecule has 1 aliphatic rings. The third-order valence-electron chi connectivity index (χ3n) is 5.31. The number of carboxylic acids is 1. The van der Waals surface area contributed by atoms with Crippen molar-refractivity contribution in [3.63, 3.8) is 0 Å². The molecule has 0 radical (unpaired) electrons. The maximum absolute atomic E-state index is 10.8. The van der Waals surface area contributed by atoms with Gasteiger partial charge in [-0.15, -0.1) is 0 Å². The van der Waals surface area contributed by atoms with Crippen molar-refractivity contribution < 1.29 is 14.6 Å². The minimum Gasteiger partial charge on any atom is -0.480 e. The SMILES string of the molecule is N#CC1CN(c2cnc(-c3ccccc3)c(-c3ccccc3)n2)CCC1OCC(=O)O. The molecule has 3 aromatic rings. The third-order valence-corrected chi connectivity index (χ3v) is 5.31. The molecule has 2 unspecified atom stereocenters. The van der Waals surface area contributed by atoms with Gasteiger partial charge >= 0.3 is 5.97 Å². The Morgan fingerprint density at radius 1 is 1.10 bits per heavy atom. The third kappa shape index (κ3) is 4.71. The van der Waals surface area contributed by atoms with Crippen LogP contribution in [0.3, 0.4) is 0 Å². The Morgan fingerprint density at radius 3 is 2.35 bits per heavy atom. The smallest absolute Gasteiger partial charge is 0.329 e. The zero-order valence-electron chi connectivity index (χ0n) is 16.9. The van der Waals surface area contributed by atoms with Gasteiger partial charge in [-0.1, -0.05) is 60.7 Å². The predicted octanol–water partition coefficient (Wildman–Crippen LogP) is 3.63. The highest BCUT2D eigenvalue weighted by Gasteiger charge is 2.31. The maximum atomic E-state index is 10.8. The van der Waals surface area contributed by atoms with Gasteiger partial charge in [0.15, 0.2) is 0 Å². The molecule has 1 fully saturated rings. The lowest BCUT2D eigenvalue weighted by atomic mass is 9.96. The summed E-state index contributed by atoms with van der Waals surface area (Å²) in [6.07, 6.45) is 1.89. The number of nitriles is 1. The zero-order chi connectivity index (χ0) is 21.6. The molecule has 4 rings (SSSR count). The monoisotopic (exact) mass is 414 g/mol. The summed E-state index contributed by atoms with van der Waals surface area (Å²) in [7, 11) is 0. The van der Waals surface area contributed by atoms with Gasteiger partial charge in [-0.25, -0.2) is 9.78 Å². The average molecular weight is 414 g/mol. The van der Waals surface area contributed by atoms with Crippen LogP contribution in [0.1, 0.15) is 6.42 Å². The molecule has 1 saturated heterocycles. The standard InChI is InChI=1S/C24H22N4O3/c25-13-19-15-28(12-11-20(19)31-16-22(29)30)21-14-26-23(17-7-3-1-4-8-17)24(27-21)18-9-5-2-6-10-18/h1-10,14,19-20H,11-12,15-16H2,(H,29,30). The fourth-order valence-electron chi connectivity index (χ4n) is 3.78. The summed E-state index contributed by atoms with van der Waals surface area (Å²) >= 11 is 0. The second-order valence-corrected chi connectivity index (χ2v) is 7.37. The van der Waals surface area contributed by atoms with Crippen LogP contribution in [0.4, 0.5) is 5.82 Å². The van der Waals surface area contributed by atoms with Crippen LogP contribution in [0.15, 0.2) is 66.9 Å². The lowest BCUT2D eigenvalue weighted by Gasteiger charge is -2.35. The van der Waals surface area contributed by atoms with E-state index in [4.69, 9.17) is 19.8 Å². The summed E-state index contributed by atoms with van der Waals surface area (Å²) < 4.78 is 5.42. The summed E-state index contributed by atoms with van der Waals surface area (Å²) in [5.74, 6) is -0.784. The van der Waals surface area contributed by atoms with E-state index in [2.05, 4.69) is 6.07 Å². The van der Waals surface area contributed by atoms with Crippen LogP contribution in [0.5, 0.6) is 0 Å². The summed E-state index contributed by atoms with van der Waals surface area (Å²) in [6, 6.07) is 22.1. The Hall–Kier alpha value is -3.76. The number of anilines is 1. The Kier molecular flexibility index (Phi) is 6.20. The fourth-order valence-corrected chi connectivity index (χ4v) is 3.78. The number of piperidine rings is 1. The number of hydrogen-bond acceptors (Lipinski definition) is 6. The molecule has 156 valence electrons. The van der Waals surface area contributed by atoms with Crippen molar-refractivity contribution in [1.82, 2.24) is 9.97 Å². The average Bonchev–Trinajstić information content (AvgIpc) is 2.83. The van der Waals surface area contributed by atoms with Crippen LogP contribution in [0.25, 0.3) is 22.5 Å². The van der Waals surface area contributed by atoms with Crippen molar-refractivity contribution in [3.8, 4) is 28.6 Å². The summed E-state index contributed by atoms with van der Waals surface area (Å²) in [4.78, 5) is 22.5. The molecule has 1 aliphatic heterocycles. The Bertz CT molecular complexity index is 1080. The van der Waals surface area contributed by atoms with Crippen LogP contribution in [0.2, 0.25) is 0 Å². The first-order valence-electron chi connectivity index (χ1n) is 10.1. The number of ether oxygens (including phenoxy) is 1. The molecule has 7 heteroatoms. The normalized spacial score (nSPS) is 18.4. The lowest BCUT2D eigenvalue weighted by Crippen LogP contribution is -2.44. The molecule has 0 bridgehead atoms. The van der Waals surface area contributed by atoms with E-state index in [9.17, 15) is 10.1 Å². The quantitative estimate of drug-likeness (QED) is 0.657. The van der Waals surface area contributed by atoms with E-state index in [-0.39, 0.29) is 0 Å². The van der Waals surface area contributed by atoms with Gasteiger partial charge in [0.1, 0.15) is 12.4 Å². The number of hydrogen-bond donors (Lipinski definition) is 1. The van der Waals surface area contributed by atoms with Gasteiger partial charge in [-0.3, -0.25) is 4.98 Å². The molecule has 1 N–H and O–H groups in total. The van der Waals surface area contributed by atoms with E-state index in [1.807, 2.05) is 65.6 Å². The highest BCUT2D eigenvalue weighted by Crippen LogP contribution is 2.32. The largest absolute Gasteiger partial charge is 0.480 e. The van der Waals surface area contributed by atoms with Gasteiger partial charge in [-0.2, -0.15) is 5.26 Å². The Balaban J connectivity index is 1.64. The topological polar surface area (TPSA) is 99.3 Å². The van der Waals surface area contributed by atoms with E-state index in [0.29, 0.717) is 25.3 Å². The van der Waals surface area contributed by atoms with Crippen molar-refractivity contribution in [3.05, 3.63) is 66.9 Å². The highest BCUT2D eigenvalue weighted by molar-refractivity contribution is 5.78. The number of aliphatic carboxylic acids is 1. The Labute approximate surface area is 180 Å². The summed E-state index contributed by atoms with van der Waals surface area (Å²) in [5.41, 5.74) is 3.53. The van der Waals surface area contributed by atoms with Crippen LogP contribution >= 0.6 is 0 Å². The molecule has 0 amide bonds. The van der Waals surface area contributed by atoms with Crippen LogP contribution < -0.4 is 4.90 Å². The van der Waals surface area contributed by atoms with E-state index in [1.54, 1.807) is 6.20 Å². The van der Waals surface area contributed by atoms with E-state index in [0.717, 1.165) is 22.5 Å². The second kappa shape index (κ2) is 9.37. The molecule has 2 atom stereocenters. The van der Waals surface area contributed by atoms with Crippen LogP contribution in [0, 0.1) is 17.2 Å². The molecular formula is C24H22N4O3. The zero-order valence-corrected chi connectivity index (χ0v) is 16.9. The number of aromatic nitrogens is 2. The molecule has 0 aliphatic carbocycles. The van der Waals surface area contributed by atoms with Crippen molar-refractivity contribution in [2.45, 2.75) is 12.5 Å². The molecule has 2 heterocycles. The maximum Gasteiger partial charge on any atom is 0.329 e. The number of carbonyl (C=O) groups is 1.